The molecule has 0 aromatic carbocycles. The highest BCUT2D eigenvalue weighted by atomic mass is 16.5. The molecular formula is C18H25N5O5. The maximum Gasteiger partial charge on any atom is 0.328 e. The number of H-pyrrole nitrogens is 1. The van der Waals surface area contributed by atoms with E-state index < -0.39 is 0 Å². The molecule has 2 heterocycles. The smallest absolute Gasteiger partial charge is 0.328 e. The van der Waals surface area contributed by atoms with Crippen LogP contribution in [0, 0.1) is 0 Å². The Kier molecular flexibility index (Phi) is 7.33. The molecule has 10 nitrogen and oxygen atoms in total. The monoisotopic (exact) mass is 391 g/mol. The van der Waals surface area contributed by atoms with Crippen LogP contribution in [0.25, 0.3) is 11.2 Å². The van der Waals surface area contributed by atoms with Crippen molar-refractivity contribution in [2.45, 2.75) is 26.8 Å². The van der Waals surface area contributed by atoms with Crippen LogP contribution in [-0.4, -0.2) is 52.9 Å². The first kappa shape index (κ1) is 21.2. The van der Waals surface area contributed by atoms with Gasteiger partial charge in [0.25, 0.3) is 0 Å². The Bertz CT molecular complexity index is 957. The van der Waals surface area contributed by atoms with Gasteiger partial charge in [-0.15, -0.1) is 0 Å². The Labute approximate surface area is 162 Å². The van der Waals surface area contributed by atoms with Crippen molar-refractivity contribution < 1.29 is 19.0 Å². The highest BCUT2D eigenvalue weighted by Gasteiger charge is 2.15. The molecule has 0 bridgehead atoms. The summed E-state index contributed by atoms with van der Waals surface area (Å²) in [5.74, 6) is -0.209. The lowest BCUT2D eigenvalue weighted by Crippen LogP contribution is -2.18. The van der Waals surface area contributed by atoms with Crippen LogP contribution >= 0.6 is 0 Å². The molecule has 0 radical (unpaired) electrons. The van der Waals surface area contributed by atoms with Crippen LogP contribution in [0.2, 0.25) is 0 Å². The van der Waals surface area contributed by atoms with E-state index in [4.69, 9.17) is 15.2 Å². The minimum Gasteiger partial charge on any atom is -0.469 e. The van der Waals surface area contributed by atoms with Crippen LogP contribution in [0.3, 0.4) is 0 Å². The number of nitrogen functional groups attached to an aromatic ring is 1. The Morgan fingerprint density at radius 2 is 2.04 bits per heavy atom. The van der Waals surface area contributed by atoms with Crippen molar-refractivity contribution in [2.75, 3.05) is 33.2 Å². The second-order valence-corrected chi connectivity index (χ2v) is 6.05. The summed E-state index contributed by atoms with van der Waals surface area (Å²) in [5, 5.41) is 0. The first-order valence-electron chi connectivity index (χ1n) is 8.66. The summed E-state index contributed by atoms with van der Waals surface area (Å²) in [6.07, 6.45) is 3.86. The van der Waals surface area contributed by atoms with Gasteiger partial charge in [-0.1, -0.05) is 17.7 Å². The van der Waals surface area contributed by atoms with E-state index in [1.165, 1.54) is 11.7 Å². The molecule has 3 N–H and O–H groups in total. The minimum atomic E-state index is -0.372. The second kappa shape index (κ2) is 9.70. The first-order chi connectivity index (χ1) is 13.4. The molecule has 0 spiro atoms. The van der Waals surface area contributed by atoms with Gasteiger partial charge in [0.05, 0.1) is 26.7 Å². The fourth-order valence-electron chi connectivity index (χ4n) is 2.53. The minimum absolute atomic E-state index is 0.0641. The second-order valence-electron chi connectivity index (χ2n) is 6.05. The van der Waals surface area contributed by atoms with E-state index in [0.717, 1.165) is 11.1 Å². The van der Waals surface area contributed by atoms with Crippen LogP contribution in [0.5, 0.6) is 6.01 Å². The highest BCUT2D eigenvalue weighted by Crippen LogP contribution is 2.19. The number of rotatable bonds is 9. The van der Waals surface area contributed by atoms with Gasteiger partial charge in [0.15, 0.2) is 11.5 Å². The van der Waals surface area contributed by atoms with E-state index in [1.807, 2.05) is 26.0 Å². The largest absolute Gasteiger partial charge is 0.469 e. The predicted octanol–water partition coefficient (Wildman–Crippen LogP) is 1.18. The summed E-state index contributed by atoms with van der Waals surface area (Å²) in [4.78, 5) is 34.9. The van der Waals surface area contributed by atoms with E-state index >= 15 is 0 Å². The van der Waals surface area contributed by atoms with Crippen molar-refractivity contribution in [1.82, 2.24) is 19.5 Å². The average molecular weight is 391 g/mol. The summed E-state index contributed by atoms with van der Waals surface area (Å²) in [6.45, 7) is 4.53. The van der Waals surface area contributed by atoms with Gasteiger partial charge in [-0.25, -0.2) is 4.79 Å². The van der Waals surface area contributed by atoms with Crippen molar-refractivity contribution in [3.8, 4) is 6.01 Å². The molecule has 0 saturated heterocycles. The molecule has 0 aliphatic heterocycles. The molecule has 10 heteroatoms. The standard InChI is InChI=1S/C18H25N5O5/c1-5-12(8-11(2)9-13(24)27-4)10-23-16-14(20-18(23)25)15(19)21-17(22-16)28-7-6-26-3/h5,8H,6-7,9-10H2,1-4H3,(H,20,25)(H2,19,21,22)/b11-8+,12-5+. The van der Waals surface area contributed by atoms with Gasteiger partial charge in [0.2, 0.25) is 0 Å². The van der Waals surface area contributed by atoms with Crippen LogP contribution in [0.1, 0.15) is 20.3 Å². The molecule has 0 amide bonds. The van der Waals surface area contributed by atoms with Crippen molar-refractivity contribution in [3.05, 3.63) is 33.8 Å². The zero-order valence-corrected chi connectivity index (χ0v) is 16.4. The number of anilines is 1. The van der Waals surface area contributed by atoms with Gasteiger partial charge in [-0.3, -0.25) is 9.36 Å². The van der Waals surface area contributed by atoms with Crippen molar-refractivity contribution >= 4 is 23.0 Å². The SMILES string of the molecule is C/C=C(\C=C(/C)CC(=O)OC)Cn1c(=O)[nH]c2c(N)nc(OCCOC)nc21. The quantitative estimate of drug-likeness (QED) is 0.370. The molecule has 2 aromatic rings. The van der Waals surface area contributed by atoms with E-state index in [1.54, 1.807) is 7.11 Å². The number of fused-ring (bicyclic) bond motifs is 1. The number of allylic oxidation sites excluding steroid dienone is 3. The molecule has 152 valence electrons. The first-order valence-corrected chi connectivity index (χ1v) is 8.66. The van der Waals surface area contributed by atoms with Gasteiger partial charge >= 0.3 is 17.7 Å². The number of methoxy groups -OCH3 is 2. The fraction of sp³-hybridized carbons (Fsp3) is 0.444. The molecule has 2 rings (SSSR count). The molecule has 0 aliphatic rings. The van der Waals surface area contributed by atoms with Crippen molar-refractivity contribution in [3.63, 3.8) is 0 Å². The van der Waals surface area contributed by atoms with Crippen molar-refractivity contribution in [2.24, 2.45) is 0 Å². The van der Waals surface area contributed by atoms with Crippen LogP contribution < -0.4 is 16.2 Å². The number of aromatic amines is 1. The molecule has 0 unspecified atom stereocenters. The lowest BCUT2D eigenvalue weighted by Gasteiger charge is -2.08. The third-order valence-electron chi connectivity index (χ3n) is 3.94. The third-order valence-corrected chi connectivity index (χ3v) is 3.94. The number of nitrogens with one attached hydrogen (secondary N) is 1. The zero-order valence-electron chi connectivity index (χ0n) is 16.4. The van der Waals surface area contributed by atoms with E-state index in [2.05, 4.69) is 19.7 Å². The van der Waals surface area contributed by atoms with Gasteiger partial charge in [0.1, 0.15) is 12.1 Å². The third kappa shape index (κ3) is 5.19. The Morgan fingerprint density at radius 3 is 2.68 bits per heavy atom. The normalized spacial score (nSPS) is 12.4. The predicted molar refractivity (Wildman–Crippen MR) is 104 cm³/mol. The molecule has 28 heavy (non-hydrogen) atoms. The van der Waals surface area contributed by atoms with E-state index in [-0.39, 0.29) is 43.1 Å². The molecule has 0 fully saturated rings. The number of carbonyl (C=O) groups excluding carboxylic acids is 1. The number of hydrogen-bond acceptors (Lipinski definition) is 8. The number of nitrogens with zero attached hydrogens (tertiary/aromatic N) is 3. The van der Waals surface area contributed by atoms with E-state index in [0.29, 0.717) is 17.8 Å². The van der Waals surface area contributed by atoms with Gasteiger partial charge in [-0.05, 0) is 19.4 Å². The number of nitrogens with two attached hydrogens (primary N) is 1. The summed E-state index contributed by atoms with van der Waals surface area (Å²) >= 11 is 0. The molecule has 0 aliphatic carbocycles. The maximum absolute atomic E-state index is 12.4. The summed E-state index contributed by atoms with van der Waals surface area (Å²) in [7, 11) is 2.90. The zero-order chi connectivity index (χ0) is 20.7. The average Bonchev–Trinajstić information content (AvgIpc) is 2.97. The number of ether oxygens (including phenoxy) is 3. The molecule has 0 atom stereocenters. The lowest BCUT2D eigenvalue weighted by molar-refractivity contribution is -0.139. The Hall–Kier alpha value is -3.14. The number of imidazole rings is 1. The highest BCUT2D eigenvalue weighted by molar-refractivity contribution is 5.82. The van der Waals surface area contributed by atoms with E-state index in [9.17, 15) is 9.59 Å². The summed E-state index contributed by atoms with van der Waals surface area (Å²) in [5.41, 5.74) is 7.87. The fourth-order valence-corrected chi connectivity index (χ4v) is 2.53. The van der Waals surface area contributed by atoms with Gasteiger partial charge in [0, 0.05) is 7.11 Å². The van der Waals surface area contributed by atoms with Crippen LogP contribution in [0.4, 0.5) is 5.82 Å². The molecule has 0 saturated carbocycles. The Balaban J connectivity index is 2.34. The lowest BCUT2D eigenvalue weighted by atomic mass is 10.1. The number of aromatic nitrogens is 4. The number of esters is 1. The molecule has 2 aromatic heterocycles. The van der Waals surface area contributed by atoms with Crippen LogP contribution in [-0.2, 0) is 20.8 Å². The van der Waals surface area contributed by atoms with Crippen LogP contribution in [0.15, 0.2) is 28.1 Å². The molecular weight excluding hydrogens is 366 g/mol. The summed E-state index contributed by atoms with van der Waals surface area (Å²) in [6, 6.07) is 0.0641. The Morgan fingerprint density at radius 1 is 1.29 bits per heavy atom. The van der Waals surface area contributed by atoms with Crippen molar-refractivity contribution in [1.29, 1.82) is 0 Å². The van der Waals surface area contributed by atoms with Gasteiger partial charge < -0.3 is 24.9 Å². The summed E-state index contributed by atoms with van der Waals surface area (Å²) < 4.78 is 16.5. The number of hydrogen-bond donors (Lipinski definition) is 2. The topological polar surface area (TPSA) is 134 Å². The van der Waals surface area contributed by atoms with Gasteiger partial charge in [-0.2, -0.15) is 9.97 Å². The number of carbonyl (C=O) groups is 1. The maximum atomic E-state index is 12.4.